The number of hydrogen-bond donors (Lipinski definition) is 6. The van der Waals surface area contributed by atoms with Gasteiger partial charge >= 0.3 is 0 Å². The van der Waals surface area contributed by atoms with Crippen LogP contribution in [0, 0.1) is 11.8 Å². The number of carbonyl (C=O) groups excluding carboxylic acids is 3. The molecular weight excluding hydrogens is 562 g/mol. The average Bonchev–Trinajstić information content (AvgIpc) is 2.98. The molecule has 0 saturated carbocycles. The summed E-state index contributed by atoms with van der Waals surface area (Å²) in [5, 5.41) is 48.4. The predicted molar refractivity (Wildman–Crippen MR) is 163 cm³/mol. The number of aliphatic hydroxyl groups excluding tert-OH is 2. The van der Waals surface area contributed by atoms with Crippen LogP contribution in [0.2, 0.25) is 0 Å². The number of allylic oxidation sites excluding steroid dienone is 1. The third kappa shape index (κ3) is 4.37. The van der Waals surface area contributed by atoms with Crippen molar-refractivity contribution >= 4 is 23.2 Å². The van der Waals surface area contributed by atoms with E-state index >= 15 is 0 Å². The summed E-state index contributed by atoms with van der Waals surface area (Å²) in [7, 11) is 3.20. The van der Waals surface area contributed by atoms with Crippen molar-refractivity contribution in [1.29, 1.82) is 0 Å². The quantitative estimate of drug-likeness (QED) is 0.234. The van der Waals surface area contributed by atoms with E-state index in [2.05, 4.69) is 5.32 Å². The second kappa shape index (κ2) is 10.7. The van der Waals surface area contributed by atoms with Gasteiger partial charge in [0.1, 0.15) is 22.8 Å². The van der Waals surface area contributed by atoms with E-state index < -0.39 is 58.0 Å². The Labute approximate surface area is 253 Å². The number of nitrogens with one attached hydrogen (secondary N) is 1. The molecule has 0 fully saturated rings. The molecule has 0 heterocycles. The van der Waals surface area contributed by atoms with Gasteiger partial charge in [0.25, 0.3) is 5.91 Å². The number of primary amides is 1. The van der Waals surface area contributed by atoms with Crippen LogP contribution in [0.1, 0.15) is 27.9 Å². The molecule has 10 nitrogen and oxygen atoms in total. The van der Waals surface area contributed by atoms with Crippen LogP contribution in [-0.2, 0) is 22.6 Å². The fourth-order valence-electron chi connectivity index (χ4n) is 7.08. The Morgan fingerprint density at radius 1 is 1.00 bits per heavy atom. The van der Waals surface area contributed by atoms with Crippen LogP contribution in [-0.4, -0.2) is 68.5 Å². The predicted octanol–water partition coefficient (Wildman–Crippen LogP) is 3.40. The lowest BCUT2D eigenvalue weighted by Gasteiger charge is -2.50. The number of fused-ring (bicyclic) bond motifs is 3. The molecule has 10 heteroatoms. The number of aromatic hydroxyl groups is 1. The van der Waals surface area contributed by atoms with Gasteiger partial charge in [-0.1, -0.05) is 48.5 Å². The van der Waals surface area contributed by atoms with Crippen LogP contribution in [0.4, 0.5) is 5.69 Å². The Bertz CT molecular complexity index is 1760. The number of ketones is 2. The standard InChI is InChI=1S/C34H33N3O7/c1-37(2)28-23-15-19-14-22-21(18-10-8-17(9-11-18)16-36-20-6-4-3-5-7-20)12-13-24(38)26(22)29(39)25(19)31(41)34(23,44)32(42)27(30(28)40)33(35)43/h3-13,19,23,28,36,38,40-41,44H,14-16H2,1-2H3,(H2,35,43). The van der Waals surface area contributed by atoms with Crippen molar-refractivity contribution in [2.75, 3.05) is 19.4 Å². The van der Waals surface area contributed by atoms with E-state index in [1.165, 1.54) is 11.0 Å². The molecule has 3 aliphatic carbocycles. The van der Waals surface area contributed by atoms with E-state index in [0.29, 0.717) is 12.1 Å². The maximum Gasteiger partial charge on any atom is 0.255 e. The fraction of sp³-hybridized carbons (Fsp3) is 0.265. The zero-order chi connectivity index (χ0) is 31.5. The van der Waals surface area contributed by atoms with Gasteiger partial charge in [-0.2, -0.15) is 0 Å². The molecule has 6 rings (SSSR count). The number of anilines is 1. The number of amides is 1. The summed E-state index contributed by atoms with van der Waals surface area (Å²) in [4.78, 5) is 41.1. The molecule has 4 atom stereocenters. The number of likely N-dealkylation sites (N-methyl/N-ethyl adjacent to an activating group) is 1. The molecule has 0 radical (unpaired) electrons. The molecule has 1 amide bonds. The average molecular weight is 596 g/mol. The van der Waals surface area contributed by atoms with Crippen molar-refractivity contribution in [3.05, 3.63) is 106 Å². The van der Waals surface area contributed by atoms with Gasteiger partial charge in [-0.3, -0.25) is 19.3 Å². The highest BCUT2D eigenvalue weighted by Crippen LogP contribution is 2.53. The summed E-state index contributed by atoms with van der Waals surface area (Å²) in [6, 6.07) is 19.8. The minimum Gasteiger partial charge on any atom is -0.510 e. The lowest BCUT2D eigenvalue weighted by atomic mass is 9.58. The normalized spacial score (nSPS) is 24.6. The summed E-state index contributed by atoms with van der Waals surface area (Å²) >= 11 is 0. The number of nitrogens with zero attached hydrogens (tertiary/aromatic N) is 1. The van der Waals surface area contributed by atoms with Crippen molar-refractivity contribution in [2.45, 2.75) is 31.0 Å². The second-order valence-electron chi connectivity index (χ2n) is 11.9. The van der Waals surface area contributed by atoms with Crippen molar-refractivity contribution in [2.24, 2.45) is 17.6 Å². The summed E-state index contributed by atoms with van der Waals surface area (Å²) in [6.45, 7) is 0.612. The van der Waals surface area contributed by atoms with Crippen LogP contribution < -0.4 is 11.1 Å². The molecule has 0 aliphatic heterocycles. The first kappa shape index (κ1) is 29.2. The molecule has 0 saturated heterocycles. The number of phenolic OH excluding ortho intramolecular Hbond substituents is 1. The van der Waals surface area contributed by atoms with Gasteiger partial charge < -0.3 is 31.5 Å². The Balaban J connectivity index is 1.40. The molecule has 4 unspecified atom stereocenters. The summed E-state index contributed by atoms with van der Waals surface area (Å²) in [5.74, 6) is -6.71. The van der Waals surface area contributed by atoms with E-state index in [-0.39, 0.29) is 29.7 Å². The number of nitrogens with two attached hydrogens (primary N) is 1. The van der Waals surface area contributed by atoms with E-state index in [0.717, 1.165) is 22.4 Å². The molecule has 3 aromatic carbocycles. The van der Waals surface area contributed by atoms with E-state index in [4.69, 9.17) is 5.73 Å². The minimum atomic E-state index is -2.67. The first-order valence-electron chi connectivity index (χ1n) is 14.3. The third-order valence-corrected chi connectivity index (χ3v) is 9.14. The molecule has 0 aromatic heterocycles. The topological polar surface area (TPSA) is 173 Å². The zero-order valence-electron chi connectivity index (χ0n) is 24.2. The summed E-state index contributed by atoms with van der Waals surface area (Å²) in [6.07, 6.45) is 0.251. The third-order valence-electron chi connectivity index (χ3n) is 9.14. The smallest absolute Gasteiger partial charge is 0.255 e. The molecule has 226 valence electrons. The molecule has 3 aliphatic rings. The Kier molecular flexibility index (Phi) is 7.06. The molecule has 3 aromatic rings. The highest BCUT2D eigenvalue weighted by molar-refractivity contribution is 6.24. The summed E-state index contributed by atoms with van der Waals surface area (Å²) < 4.78 is 0. The van der Waals surface area contributed by atoms with Crippen LogP contribution in [0.5, 0.6) is 5.75 Å². The highest BCUT2D eigenvalue weighted by atomic mass is 16.3. The number of benzene rings is 3. The molecule has 0 bridgehead atoms. The molecule has 0 spiro atoms. The number of para-hydroxylation sites is 1. The van der Waals surface area contributed by atoms with Crippen LogP contribution in [0.25, 0.3) is 11.1 Å². The number of hydrogen-bond acceptors (Lipinski definition) is 9. The van der Waals surface area contributed by atoms with Crippen molar-refractivity contribution in [3.8, 4) is 16.9 Å². The van der Waals surface area contributed by atoms with E-state index in [1.807, 2.05) is 54.6 Å². The van der Waals surface area contributed by atoms with Gasteiger partial charge in [-0.05, 0) is 73.3 Å². The van der Waals surface area contributed by atoms with Gasteiger partial charge in [0.05, 0.1) is 11.6 Å². The number of Topliss-reactive ketones (excluding diaryl/α,β-unsaturated/α-hetero) is 2. The number of phenols is 1. The SMILES string of the molecule is CN(C)C1C(O)=C(C(N)=O)C(=O)C2(O)C(O)=C3C(=O)c4c(O)ccc(-c5ccc(CNc6ccccc6)cc5)c4CC3CC12. The molecular formula is C34H33N3O7. The van der Waals surface area contributed by atoms with E-state index in [9.17, 15) is 34.8 Å². The monoisotopic (exact) mass is 595 g/mol. The molecule has 7 N–H and O–H groups in total. The fourth-order valence-corrected chi connectivity index (χ4v) is 7.08. The zero-order valence-corrected chi connectivity index (χ0v) is 24.2. The summed E-state index contributed by atoms with van der Waals surface area (Å²) in [5.41, 5.74) is 5.89. The number of aliphatic hydroxyl groups is 3. The van der Waals surface area contributed by atoms with Crippen LogP contribution >= 0.6 is 0 Å². The highest BCUT2D eigenvalue weighted by Gasteiger charge is 2.63. The Morgan fingerprint density at radius 2 is 1.68 bits per heavy atom. The van der Waals surface area contributed by atoms with Crippen LogP contribution in [0.3, 0.4) is 0 Å². The van der Waals surface area contributed by atoms with Gasteiger partial charge in [0, 0.05) is 23.7 Å². The first-order valence-corrected chi connectivity index (χ1v) is 14.3. The molecule has 44 heavy (non-hydrogen) atoms. The van der Waals surface area contributed by atoms with Gasteiger partial charge in [0.2, 0.25) is 5.78 Å². The van der Waals surface area contributed by atoms with Crippen molar-refractivity contribution < 1.29 is 34.8 Å². The largest absolute Gasteiger partial charge is 0.510 e. The van der Waals surface area contributed by atoms with Gasteiger partial charge in [-0.25, -0.2) is 0 Å². The first-order chi connectivity index (χ1) is 20.9. The van der Waals surface area contributed by atoms with Gasteiger partial charge in [-0.15, -0.1) is 0 Å². The van der Waals surface area contributed by atoms with Gasteiger partial charge in [0.15, 0.2) is 11.4 Å². The number of rotatable bonds is 6. The lowest BCUT2D eigenvalue weighted by Crippen LogP contribution is -2.63. The Morgan fingerprint density at radius 3 is 2.32 bits per heavy atom. The maximum absolute atomic E-state index is 14.0. The number of carbonyl (C=O) groups is 3. The lowest BCUT2D eigenvalue weighted by molar-refractivity contribution is -0.148. The van der Waals surface area contributed by atoms with E-state index in [1.54, 1.807) is 20.2 Å². The van der Waals surface area contributed by atoms with Crippen LogP contribution in [0.15, 0.2) is 89.4 Å². The maximum atomic E-state index is 14.0. The van der Waals surface area contributed by atoms with Crippen molar-refractivity contribution in [1.82, 2.24) is 4.90 Å². The minimum absolute atomic E-state index is 0.0156. The van der Waals surface area contributed by atoms with Crippen molar-refractivity contribution in [3.63, 3.8) is 0 Å². The Hall–Kier alpha value is -4.93. The second-order valence-corrected chi connectivity index (χ2v) is 11.9.